The Labute approximate surface area is 76.5 Å². The van der Waals surface area contributed by atoms with Gasteiger partial charge in [0.05, 0.1) is 6.61 Å². The van der Waals surface area contributed by atoms with Crippen molar-refractivity contribution >= 4 is 0 Å². The largest absolute Gasteiger partial charge is 0.380 e. The maximum atomic E-state index is 5.98. The summed E-state index contributed by atoms with van der Waals surface area (Å²) in [6.45, 7) is 10.2. The van der Waals surface area contributed by atoms with Crippen molar-refractivity contribution in [1.29, 1.82) is 0 Å². The third-order valence-corrected chi connectivity index (χ3v) is 2.56. The SMILES string of the molecule is CCCOCC(N)C(C)(C)CC. The van der Waals surface area contributed by atoms with E-state index in [0.29, 0.717) is 6.61 Å². The number of rotatable bonds is 6. The number of hydrogen-bond acceptors (Lipinski definition) is 2. The van der Waals surface area contributed by atoms with Gasteiger partial charge in [-0.3, -0.25) is 0 Å². The predicted molar refractivity (Wildman–Crippen MR) is 53.2 cm³/mol. The summed E-state index contributed by atoms with van der Waals surface area (Å²) in [6, 6.07) is 0.161. The molecule has 0 aromatic rings. The molecule has 2 N–H and O–H groups in total. The lowest BCUT2D eigenvalue weighted by Gasteiger charge is -2.30. The van der Waals surface area contributed by atoms with Crippen LogP contribution in [0.25, 0.3) is 0 Å². The van der Waals surface area contributed by atoms with Crippen LogP contribution in [-0.4, -0.2) is 19.3 Å². The first-order chi connectivity index (χ1) is 5.54. The van der Waals surface area contributed by atoms with Crippen LogP contribution in [0, 0.1) is 5.41 Å². The van der Waals surface area contributed by atoms with E-state index in [2.05, 4.69) is 27.7 Å². The summed E-state index contributed by atoms with van der Waals surface area (Å²) in [5.74, 6) is 0. The fraction of sp³-hybridized carbons (Fsp3) is 1.00. The molecule has 0 saturated carbocycles. The second-order valence-corrected chi connectivity index (χ2v) is 4.02. The van der Waals surface area contributed by atoms with Crippen LogP contribution >= 0.6 is 0 Å². The summed E-state index contributed by atoms with van der Waals surface area (Å²) in [5.41, 5.74) is 6.18. The lowest BCUT2D eigenvalue weighted by Crippen LogP contribution is -2.40. The first kappa shape index (κ1) is 11.9. The van der Waals surface area contributed by atoms with Crippen LogP contribution in [0.1, 0.15) is 40.5 Å². The van der Waals surface area contributed by atoms with Crippen LogP contribution in [0.4, 0.5) is 0 Å². The fourth-order valence-corrected chi connectivity index (χ4v) is 0.842. The molecule has 0 aliphatic heterocycles. The first-order valence-electron chi connectivity index (χ1n) is 4.88. The van der Waals surface area contributed by atoms with Crippen LogP contribution in [0.15, 0.2) is 0 Å². The molecule has 0 aliphatic rings. The van der Waals surface area contributed by atoms with Gasteiger partial charge in [-0.1, -0.05) is 27.7 Å². The van der Waals surface area contributed by atoms with Crippen LogP contribution in [-0.2, 0) is 4.74 Å². The molecule has 0 fully saturated rings. The van der Waals surface area contributed by atoms with E-state index in [1.807, 2.05) is 0 Å². The van der Waals surface area contributed by atoms with Crippen molar-refractivity contribution in [3.05, 3.63) is 0 Å². The molecule has 1 atom stereocenters. The van der Waals surface area contributed by atoms with Gasteiger partial charge in [0.25, 0.3) is 0 Å². The summed E-state index contributed by atoms with van der Waals surface area (Å²) in [4.78, 5) is 0. The van der Waals surface area contributed by atoms with Crippen molar-refractivity contribution < 1.29 is 4.74 Å². The highest BCUT2D eigenvalue weighted by atomic mass is 16.5. The first-order valence-corrected chi connectivity index (χ1v) is 4.88. The molecule has 0 rings (SSSR count). The van der Waals surface area contributed by atoms with Crippen molar-refractivity contribution in [3.8, 4) is 0 Å². The van der Waals surface area contributed by atoms with E-state index >= 15 is 0 Å². The van der Waals surface area contributed by atoms with Crippen LogP contribution in [0.5, 0.6) is 0 Å². The van der Waals surface area contributed by atoms with E-state index in [4.69, 9.17) is 10.5 Å². The molecule has 2 heteroatoms. The fourth-order valence-electron chi connectivity index (χ4n) is 0.842. The Bertz CT molecular complexity index is 112. The lowest BCUT2D eigenvalue weighted by atomic mass is 9.83. The Kier molecular flexibility index (Phi) is 5.51. The molecule has 0 aromatic carbocycles. The Morgan fingerprint density at radius 1 is 1.33 bits per heavy atom. The zero-order valence-corrected chi connectivity index (χ0v) is 8.89. The molecule has 0 heterocycles. The summed E-state index contributed by atoms with van der Waals surface area (Å²) in [6.07, 6.45) is 2.17. The zero-order chi connectivity index (χ0) is 9.61. The van der Waals surface area contributed by atoms with Crippen LogP contribution in [0.3, 0.4) is 0 Å². The van der Waals surface area contributed by atoms with Crippen LogP contribution in [0.2, 0.25) is 0 Å². The van der Waals surface area contributed by atoms with Crippen molar-refractivity contribution in [1.82, 2.24) is 0 Å². The minimum atomic E-state index is 0.161. The van der Waals surface area contributed by atoms with E-state index in [1.165, 1.54) is 0 Å². The normalized spacial score (nSPS) is 14.8. The monoisotopic (exact) mass is 173 g/mol. The van der Waals surface area contributed by atoms with Crippen molar-refractivity contribution in [2.75, 3.05) is 13.2 Å². The highest BCUT2D eigenvalue weighted by Gasteiger charge is 2.23. The summed E-state index contributed by atoms with van der Waals surface area (Å²) < 4.78 is 5.41. The topological polar surface area (TPSA) is 35.2 Å². The second kappa shape index (κ2) is 5.55. The van der Waals surface area contributed by atoms with Crippen molar-refractivity contribution in [2.24, 2.45) is 11.1 Å². The third-order valence-electron chi connectivity index (χ3n) is 2.56. The maximum Gasteiger partial charge on any atom is 0.0622 e. The van der Waals surface area contributed by atoms with E-state index in [0.717, 1.165) is 19.4 Å². The van der Waals surface area contributed by atoms with Gasteiger partial charge in [-0.2, -0.15) is 0 Å². The highest BCUT2D eigenvalue weighted by Crippen LogP contribution is 2.23. The van der Waals surface area contributed by atoms with Gasteiger partial charge in [0, 0.05) is 12.6 Å². The molecule has 0 saturated heterocycles. The minimum absolute atomic E-state index is 0.161. The number of ether oxygens (including phenoxy) is 1. The quantitative estimate of drug-likeness (QED) is 0.625. The zero-order valence-electron chi connectivity index (χ0n) is 8.89. The van der Waals surface area contributed by atoms with Gasteiger partial charge in [0.2, 0.25) is 0 Å². The van der Waals surface area contributed by atoms with Crippen molar-refractivity contribution in [2.45, 2.75) is 46.6 Å². The van der Waals surface area contributed by atoms with Gasteiger partial charge in [0.15, 0.2) is 0 Å². The Balaban J connectivity index is 3.63. The Morgan fingerprint density at radius 3 is 2.33 bits per heavy atom. The molecule has 0 aliphatic carbocycles. The number of hydrogen-bond donors (Lipinski definition) is 1. The standard InChI is InChI=1S/C10H23NO/c1-5-7-12-8-9(11)10(3,4)6-2/h9H,5-8,11H2,1-4H3. The Hall–Kier alpha value is -0.0800. The minimum Gasteiger partial charge on any atom is -0.380 e. The summed E-state index contributed by atoms with van der Waals surface area (Å²) in [5, 5.41) is 0. The molecule has 0 radical (unpaired) electrons. The molecule has 74 valence electrons. The van der Waals surface area contributed by atoms with Gasteiger partial charge in [-0.25, -0.2) is 0 Å². The van der Waals surface area contributed by atoms with Gasteiger partial charge in [-0.05, 0) is 18.3 Å². The molecule has 1 unspecified atom stereocenters. The molecular formula is C10H23NO. The Morgan fingerprint density at radius 2 is 1.92 bits per heavy atom. The van der Waals surface area contributed by atoms with E-state index in [9.17, 15) is 0 Å². The summed E-state index contributed by atoms with van der Waals surface area (Å²) >= 11 is 0. The van der Waals surface area contributed by atoms with Crippen LogP contribution < -0.4 is 5.73 Å². The highest BCUT2D eigenvalue weighted by molar-refractivity contribution is 4.79. The third kappa shape index (κ3) is 4.07. The van der Waals surface area contributed by atoms with Gasteiger partial charge >= 0.3 is 0 Å². The summed E-state index contributed by atoms with van der Waals surface area (Å²) in [7, 11) is 0. The molecule has 2 nitrogen and oxygen atoms in total. The number of nitrogens with two attached hydrogens (primary N) is 1. The van der Waals surface area contributed by atoms with E-state index < -0.39 is 0 Å². The van der Waals surface area contributed by atoms with Gasteiger partial charge in [0.1, 0.15) is 0 Å². The molecule has 0 aromatic heterocycles. The average Bonchev–Trinajstić information content (AvgIpc) is 2.05. The maximum absolute atomic E-state index is 5.98. The molecule has 0 spiro atoms. The molecule has 0 amide bonds. The molecular weight excluding hydrogens is 150 g/mol. The van der Waals surface area contributed by atoms with Gasteiger partial charge < -0.3 is 10.5 Å². The predicted octanol–water partition coefficient (Wildman–Crippen LogP) is 2.18. The smallest absolute Gasteiger partial charge is 0.0622 e. The lowest BCUT2D eigenvalue weighted by molar-refractivity contribution is 0.0838. The average molecular weight is 173 g/mol. The van der Waals surface area contributed by atoms with E-state index in [1.54, 1.807) is 0 Å². The van der Waals surface area contributed by atoms with Crippen molar-refractivity contribution in [3.63, 3.8) is 0 Å². The van der Waals surface area contributed by atoms with E-state index in [-0.39, 0.29) is 11.5 Å². The second-order valence-electron chi connectivity index (χ2n) is 4.02. The van der Waals surface area contributed by atoms with Gasteiger partial charge in [-0.15, -0.1) is 0 Å². The molecule has 12 heavy (non-hydrogen) atoms. The molecule has 0 bridgehead atoms.